The first-order valence-electron chi connectivity index (χ1n) is 6.56. The third-order valence-electron chi connectivity index (χ3n) is 3.30. The van der Waals surface area contributed by atoms with Crippen LogP contribution in [0.15, 0.2) is 34.8 Å². The van der Waals surface area contributed by atoms with Crippen LogP contribution in [-0.4, -0.2) is 23.1 Å². The van der Waals surface area contributed by atoms with Crippen LogP contribution < -0.4 is 4.90 Å². The molecule has 0 amide bonds. The first kappa shape index (κ1) is 15.5. The van der Waals surface area contributed by atoms with Crippen LogP contribution in [-0.2, 0) is 6.54 Å². The van der Waals surface area contributed by atoms with E-state index in [9.17, 15) is 9.90 Å². The molecule has 1 aromatic heterocycles. The summed E-state index contributed by atoms with van der Waals surface area (Å²) in [5.41, 5.74) is 3.39. The summed E-state index contributed by atoms with van der Waals surface area (Å²) in [5, 5.41) is 9.43. The van der Waals surface area contributed by atoms with Crippen LogP contribution in [0.5, 0.6) is 0 Å². The Morgan fingerprint density at radius 3 is 2.62 bits per heavy atom. The maximum Gasteiger partial charge on any atom is 0.339 e. The molecule has 0 saturated heterocycles. The highest BCUT2D eigenvalue weighted by molar-refractivity contribution is 9.10. The largest absolute Gasteiger partial charge is 0.478 e. The number of carbonyl (C=O) groups is 1. The van der Waals surface area contributed by atoms with Gasteiger partial charge in [0.15, 0.2) is 0 Å². The van der Waals surface area contributed by atoms with E-state index in [-0.39, 0.29) is 5.56 Å². The standard InChI is InChI=1S/C16H17BrN2O2/c1-10-8-14(15(16(20)21)11(2)18-10)19(3)9-12-6-4-5-7-13(12)17/h4-8H,9H2,1-3H3,(H,20,21). The number of carboxylic acids is 1. The Morgan fingerprint density at radius 2 is 2.00 bits per heavy atom. The van der Waals surface area contributed by atoms with Crippen molar-refractivity contribution in [2.45, 2.75) is 20.4 Å². The van der Waals surface area contributed by atoms with Gasteiger partial charge in [-0.1, -0.05) is 34.1 Å². The van der Waals surface area contributed by atoms with Crippen molar-refractivity contribution in [1.82, 2.24) is 4.98 Å². The molecule has 0 unspecified atom stereocenters. The number of nitrogens with zero attached hydrogens (tertiary/aromatic N) is 2. The van der Waals surface area contributed by atoms with Gasteiger partial charge in [0.25, 0.3) is 0 Å². The zero-order valence-electron chi connectivity index (χ0n) is 12.2. The second-order valence-corrected chi connectivity index (χ2v) is 5.85. The minimum Gasteiger partial charge on any atom is -0.478 e. The minimum absolute atomic E-state index is 0.259. The summed E-state index contributed by atoms with van der Waals surface area (Å²) in [5.74, 6) is -0.950. The van der Waals surface area contributed by atoms with Crippen molar-refractivity contribution >= 4 is 27.6 Å². The predicted octanol–water partition coefficient (Wildman–Crippen LogP) is 3.80. The van der Waals surface area contributed by atoms with Crippen molar-refractivity contribution < 1.29 is 9.90 Å². The molecule has 0 spiro atoms. The summed E-state index contributed by atoms with van der Waals surface area (Å²) >= 11 is 3.52. The molecule has 1 N–H and O–H groups in total. The summed E-state index contributed by atoms with van der Waals surface area (Å²) in [6, 6.07) is 9.73. The zero-order chi connectivity index (χ0) is 15.6. The van der Waals surface area contributed by atoms with Gasteiger partial charge in [0.05, 0.1) is 11.4 Å². The molecule has 0 aliphatic carbocycles. The fourth-order valence-electron chi connectivity index (χ4n) is 2.34. The number of hydrogen-bond acceptors (Lipinski definition) is 3. The third kappa shape index (κ3) is 3.42. The van der Waals surface area contributed by atoms with Gasteiger partial charge >= 0.3 is 5.97 Å². The Kier molecular flexibility index (Phi) is 4.63. The number of carboxylic acid groups (broad SMARTS) is 1. The van der Waals surface area contributed by atoms with Gasteiger partial charge in [-0.25, -0.2) is 4.79 Å². The van der Waals surface area contributed by atoms with Gasteiger partial charge in [0.1, 0.15) is 5.56 Å². The molecule has 4 nitrogen and oxygen atoms in total. The minimum atomic E-state index is -0.950. The van der Waals surface area contributed by atoms with Gasteiger partial charge in [0, 0.05) is 23.8 Å². The van der Waals surface area contributed by atoms with E-state index in [1.807, 2.05) is 49.2 Å². The number of pyridine rings is 1. The molecule has 0 saturated carbocycles. The van der Waals surface area contributed by atoms with Crippen molar-refractivity contribution in [2.75, 3.05) is 11.9 Å². The maximum absolute atomic E-state index is 11.5. The van der Waals surface area contributed by atoms with E-state index < -0.39 is 5.97 Å². The average Bonchev–Trinajstić information content (AvgIpc) is 2.39. The number of rotatable bonds is 4. The lowest BCUT2D eigenvalue weighted by molar-refractivity contribution is 0.0696. The summed E-state index contributed by atoms with van der Waals surface area (Å²) in [6.07, 6.45) is 0. The van der Waals surface area contributed by atoms with E-state index >= 15 is 0 Å². The van der Waals surface area contributed by atoms with Crippen LogP contribution in [0.3, 0.4) is 0 Å². The second-order valence-electron chi connectivity index (χ2n) is 5.00. The van der Waals surface area contributed by atoms with Crippen LogP contribution in [0.1, 0.15) is 27.3 Å². The third-order valence-corrected chi connectivity index (χ3v) is 4.07. The molecular weight excluding hydrogens is 332 g/mol. The second kappa shape index (κ2) is 6.26. The zero-order valence-corrected chi connectivity index (χ0v) is 13.8. The van der Waals surface area contributed by atoms with E-state index in [1.165, 1.54) is 0 Å². The van der Waals surface area contributed by atoms with Crippen molar-refractivity contribution in [3.63, 3.8) is 0 Å². The van der Waals surface area contributed by atoms with Crippen LogP contribution in [0, 0.1) is 13.8 Å². The first-order chi connectivity index (χ1) is 9.90. The molecule has 110 valence electrons. The van der Waals surface area contributed by atoms with E-state index in [4.69, 9.17) is 0 Å². The molecule has 0 aliphatic rings. The molecule has 5 heteroatoms. The van der Waals surface area contributed by atoms with Crippen LogP contribution >= 0.6 is 15.9 Å². The van der Waals surface area contributed by atoms with E-state index in [0.29, 0.717) is 17.9 Å². The molecule has 2 rings (SSSR count). The van der Waals surface area contributed by atoms with Gasteiger partial charge < -0.3 is 10.0 Å². The number of anilines is 1. The molecule has 0 aliphatic heterocycles. The molecular formula is C16H17BrN2O2. The van der Waals surface area contributed by atoms with Crippen LogP contribution in [0.2, 0.25) is 0 Å². The molecule has 1 heterocycles. The van der Waals surface area contributed by atoms with Crippen molar-refractivity contribution in [3.8, 4) is 0 Å². The van der Waals surface area contributed by atoms with Crippen molar-refractivity contribution in [3.05, 3.63) is 57.3 Å². The number of benzene rings is 1. The van der Waals surface area contributed by atoms with Crippen molar-refractivity contribution in [2.24, 2.45) is 0 Å². The van der Waals surface area contributed by atoms with Crippen LogP contribution in [0.4, 0.5) is 5.69 Å². The number of aromatic nitrogens is 1. The van der Waals surface area contributed by atoms with Crippen LogP contribution in [0.25, 0.3) is 0 Å². The fourth-order valence-corrected chi connectivity index (χ4v) is 2.75. The van der Waals surface area contributed by atoms with E-state index in [0.717, 1.165) is 15.7 Å². The maximum atomic E-state index is 11.5. The molecule has 0 fully saturated rings. The number of halogens is 1. The average molecular weight is 349 g/mol. The Labute approximate surface area is 132 Å². The highest BCUT2D eigenvalue weighted by atomic mass is 79.9. The molecule has 0 atom stereocenters. The smallest absolute Gasteiger partial charge is 0.339 e. The normalized spacial score (nSPS) is 10.5. The highest BCUT2D eigenvalue weighted by Gasteiger charge is 2.18. The summed E-state index contributed by atoms with van der Waals surface area (Å²) in [4.78, 5) is 17.7. The highest BCUT2D eigenvalue weighted by Crippen LogP contribution is 2.26. The quantitative estimate of drug-likeness (QED) is 0.912. The molecule has 2 aromatic rings. The Balaban J connectivity index is 2.41. The predicted molar refractivity (Wildman–Crippen MR) is 86.9 cm³/mol. The van der Waals surface area contributed by atoms with Gasteiger partial charge in [-0.05, 0) is 31.5 Å². The van der Waals surface area contributed by atoms with E-state index in [2.05, 4.69) is 20.9 Å². The van der Waals surface area contributed by atoms with E-state index in [1.54, 1.807) is 6.92 Å². The Bertz CT molecular complexity index is 686. The monoisotopic (exact) mass is 348 g/mol. The SMILES string of the molecule is Cc1cc(N(C)Cc2ccccc2Br)c(C(=O)O)c(C)n1. The summed E-state index contributed by atoms with van der Waals surface area (Å²) < 4.78 is 1.01. The molecule has 0 bridgehead atoms. The lowest BCUT2D eigenvalue weighted by atomic mass is 10.1. The van der Waals surface area contributed by atoms with Crippen molar-refractivity contribution in [1.29, 1.82) is 0 Å². The lowest BCUT2D eigenvalue weighted by Crippen LogP contribution is -2.21. The summed E-state index contributed by atoms with van der Waals surface area (Å²) in [6.45, 7) is 4.21. The van der Waals surface area contributed by atoms with Gasteiger partial charge in [-0.2, -0.15) is 0 Å². The first-order valence-corrected chi connectivity index (χ1v) is 7.35. The molecule has 21 heavy (non-hydrogen) atoms. The van der Waals surface area contributed by atoms with Gasteiger partial charge in [0.2, 0.25) is 0 Å². The number of hydrogen-bond donors (Lipinski definition) is 1. The molecule has 0 radical (unpaired) electrons. The van der Waals surface area contributed by atoms with Gasteiger partial charge in [-0.3, -0.25) is 4.98 Å². The summed E-state index contributed by atoms with van der Waals surface area (Å²) in [7, 11) is 1.89. The number of aromatic carboxylic acids is 1. The number of aryl methyl sites for hydroxylation is 2. The Hall–Kier alpha value is -1.88. The van der Waals surface area contributed by atoms with Gasteiger partial charge in [-0.15, -0.1) is 0 Å². The Morgan fingerprint density at radius 1 is 1.33 bits per heavy atom. The molecule has 1 aromatic carbocycles. The fraction of sp³-hybridized carbons (Fsp3) is 0.250. The topological polar surface area (TPSA) is 53.4 Å². The lowest BCUT2D eigenvalue weighted by Gasteiger charge is -2.23.